The maximum absolute atomic E-state index is 11.8. The van der Waals surface area contributed by atoms with Gasteiger partial charge in [0.15, 0.2) is 11.4 Å². The molecule has 1 saturated heterocycles. The Bertz CT molecular complexity index is 1270. The van der Waals surface area contributed by atoms with E-state index in [1.165, 1.54) is 5.69 Å². The van der Waals surface area contributed by atoms with Crippen LogP contribution in [0, 0.1) is 0 Å². The van der Waals surface area contributed by atoms with Crippen LogP contribution in [0.25, 0.3) is 27.9 Å². The van der Waals surface area contributed by atoms with Gasteiger partial charge in [0.1, 0.15) is 0 Å². The van der Waals surface area contributed by atoms with Crippen molar-refractivity contribution in [1.29, 1.82) is 0 Å². The van der Waals surface area contributed by atoms with Gasteiger partial charge < -0.3 is 10.2 Å². The SMILES string of the molecule is CC(=O)c1cccc(-c2cnn3cc(-c4ccc(N5[C@H](C)CNC[C@@H]5C)cc4)cnc23)c1. The highest BCUT2D eigenvalue weighted by molar-refractivity contribution is 5.95. The minimum absolute atomic E-state index is 0.0478. The van der Waals surface area contributed by atoms with E-state index in [0.717, 1.165) is 41.0 Å². The summed E-state index contributed by atoms with van der Waals surface area (Å²) in [7, 11) is 0. The Hall–Kier alpha value is -3.51. The van der Waals surface area contributed by atoms with Gasteiger partial charge in [-0.2, -0.15) is 5.10 Å². The normalized spacial score (nSPS) is 18.8. The number of benzene rings is 2. The standard InChI is InChI=1S/C26H27N5O/c1-17-12-27-13-18(2)31(17)24-9-7-20(8-10-24)23-14-28-26-25(15-29-30(26)16-23)22-6-4-5-21(11-22)19(3)32/h4-11,14-18,27H,12-13H2,1-3H3/t17-,18+. The van der Waals surface area contributed by atoms with Crippen LogP contribution >= 0.6 is 0 Å². The fraction of sp³-hybridized carbons (Fsp3) is 0.269. The van der Waals surface area contributed by atoms with Crippen molar-refractivity contribution in [3.8, 4) is 22.3 Å². The predicted molar refractivity (Wildman–Crippen MR) is 128 cm³/mol. The van der Waals surface area contributed by atoms with E-state index < -0.39 is 0 Å². The number of aromatic nitrogens is 3. The van der Waals surface area contributed by atoms with Crippen molar-refractivity contribution in [2.45, 2.75) is 32.9 Å². The average Bonchev–Trinajstić information content (AvgIpc) is 3.23. The summed E-state index contributed by atoms with van der Waals surface area (Å²) in [6.45, 7) is 8.10. The Morgan fingerprint density at radius 3 is 2.44 bits per heavy atom. The minimum atomic E-state index is 0.0478. The number of ketones is 1. The molecule has 0 radical (unpaired) electrons. The Morgan fingerprint density at radius 2 is 1.72 bits per heavy atom. The summed E-state index contributed by atoms with van der Waals surface area (Å²) in [5.74, 6) is 0.0478. The van der Waals surface area contributed by atoms with Gasteiger partial charge in [-0.3, -0.25) is 4.79 Å². The molecule has 0 unspecified atom stereocenters. The lowest BCUT2D eigenvalue weighted by Gasteiger charge is -2.41. The topological polar surface area (TPSA) is 62.5 Å². The summed E-state index contributed by atoms with van der Waals surface area (Å²) in [6.07, 6.45) is 5.70. The molecular formula is C26H27N5O. The second-order valence-corrected chi connectivity index (χ2v) is 8.62. The lowest BCUT2D eigenvalue weighted by atomic mass is 10.0. The maximum Gasteiger partial charge on any atom is 0.162 e. The van der Waals surface area contributed by atoms with E-state index in [0.29, 0.717) is 17.6 Å². The molecule has 1 N–H and O–H groups in total. The van der Waals surface area contributed by atoms with Crippen LogP contribution in [0.2, 0.25) is 0 Å². The van der Waals surface area contributed by atoms with E-state index in [9.17, 15) is 4.79 Å². The Kier molecular flexibility index (Phi) is 5.23. The van der Waals surface area contributed by atoms with Gasteiger partial charge in [-0.25, -0.2) is 9.50 Å². The van der Waals surface area contributed by atoms with E-state index in [2.05, 4.69) is 53.4 Å². The third-order valence-corrected chi connectivity index (χ3v) is 6.26. The third-order valence-electron chi connectivity index (χ3n) is 6.26. The van der Waals surface area contributed by atoms with Gasteiger partial charge in [0.05, 0.1) is 6.20 Å². The molecule has 1 aliphatic heterocycles. The fourth-order valence-electron chi connectivity index (χ4n) is 4.60. The van der Waals surface area contributed by atoms with Crippen LogP contribution in [0.4, 0.5) is 5.69 Å². The molecule has 6 heteroatoms. The van der Waals surface area contributed by atoms with Gasteiger partial charge in [0.25, 0.3) is 0 Å². The van der Waals surface area contributed by atoms with Crippen LogP contribution < -0.4 is 10.2 Å². The zero-order valence-corrected chi connectivity index (χ0v) is 18.6. The number of hydrogen-bond acceptors (Lipinski definition) is 5. The molecule has 2 aromatic carbocycles. The largest absolute Gasteiger partial charge is 0.364 e. The van der Waals surface area contributed by atoms with Gasteiger partial charge in [-0.1, -0.05) is 30.3 Å². The zero-order chi connectivity index (χ0) is 22.2. The molecule has 2 aromatic heterocycles. The smallest absolute Gasteiger partial charge is 0.162 e. The molecular weight excluding hydrogens is 398 g/mol. The van der Waals surface area contributed by atoms with Crippen molar-refractivity contribution in [2.24, 2.45) is 0 Å². The number of hydrogen-bond donors (Lipinski definition) is 1. The van der Waals surface area contributed by atoms with Crippen molar-refractivity contribution in [2.75, 3.05) is 18.0 Å². The lowest BCUT2D eigenvalue weighted by Crippen LogP contribution is -2.55. The first-order chi connectivity index (χ1) is 15.5. The van der Waals surface area contributed by atoms with Gasteiger partial charge in [-0.05, 0) is 50.1 Å². The van der Waals surface area contributed by atoms with Crippen LogP contribution in [-0.2, 0) is 0 Å². The molecule has 1 aliphatic rings. The van der Waals surface area contributed by atoms with E-state index in [-0.39, 0.29) is 5.78 Å². The molecule has 32 heavy (non-hydrogen) atoms. The molecule has 0 amide bonds. The number of fused-ring (bicyclic) bond motifs is 1. The molecule has 0 spiro atoms. The number of nitrogens with one attached hydrogen (secondary N) is 1. The molecule has 2 atom stereocenters. The molecule has 6 nitrogen and oxygen atoms in total. The van der Waals surface area contributed by atoms with E-state index in [1.807, 2.05) is 42.9 Å². The highest BCUT2D eigenvalue weighted by Gasteiger charge is 2.24. The highest BCUT2D eigenvalue weighted by atomic mass is 16.1. The summed E-state index contributed by atoms with van der Waals surface area (Å²) in [6, 6.07) is 17.2. The molecule has 0 aliphatic carbocycles. The van der Waals surface area contributed by atoms with Gasteiger partial charge in [0.2, 0.25) is 0 Å². The van der Waals surface area contributed by atoms with Gasteiger partial charge >= 0.3 is 0 Å². The van der Waals surface area contributed by atoms with Gasteiger partial charge in [0, 0.05) is 59.9 Å². The van der Waals surface area contributed by atoms with Crippen molar-refractivity contribution in [3.63, 3.8) is 0 Å². The summed E-state index contributed by atoms with van der Waals surface area (Å²) < 4.78 is 1.81. The van der Waals surface area contributed by atoms with Crippen LogP contribution in [0.5, 0.6) is 0 Å². The highest BCUT2D eigenvalue weighted by Crippen LogP contribution is 2.28. The Morgan fingerprint density at radius 1 is 0.969 bits per heavy atom. The predicted octanol–water partition coefficient (Wildman–Crippen LogP) is 4.45. The first kappa shape index (κ1) is 20.4. The van der Waals surface area contributed by atoms with E-state index in [1.54, 1.807) is 11.4 Å². The first-order valence-corrected chi connectivity index (χ1v) is 11.1. The first-order valence-electron chi connectivity index (χ1n) is 11.1. The summed E-state index contributed by atoms with van der Waals surface area (Å²) in [4.78, 5) is 18.9. The quantitative estimate of drug-likeness (QED) is 0.490. The fourth-order valence-corrected chi connectivity index (χ4v) is 4.60. The molecule has 4 aromatic rings. The molecule has 0 saturated carbocycles. The second kappa shape index (κ2) is 8.20. The van der Waals surface area contributed by atoms with Gasteiger partial charge in [-0.15, -0.1) is 0 Å². The zero-order valence-electron chi connectivity index (χ0n) is 18.6. The van der Waals surface area contributed by atoms with Crippen LogP contribution in [0.3, 0.4) is 0 Å². The molecule has 1 fully saturated rings. The Balaban J connectivity index is 1.45. The average molecular weight is 426 g/mol. The number of anilines is 1. The maximum atomic E-state index is 11.8. The number of piperazine rings is 1. The monoisotopic (exact) mass is 425 g/mol. The van der Waals surface area contributed by atoms with E-state index in [4.69, 9.17) is 4.98 Å². The molecule has 3 heterocycles. The van der Waals surface area contributed by atoms with E-state index >= 15 is 0 Å². The lowest BCUT2D eigenvalue weighted by molar-refractivity contribution is 0.101. The van der Waals surface area contributed by atoms with Crippen LogP contribution in [0.15, 0.2) is 67.1 Å². The number of nitrogens with zero attached hydrogens (tertiary/aromatic N) is 4. The van der Waals surface area contributed by atoms with Crippen molar-refractivity contribution in [3.05, 3.63) is 72.7 Å². The summed E-state index contributed by atoms with van der Waals surface area (Å²) in [5, 5.41) is 8.00. The van der Waals surface area contributed by atoms with Crippen LogP contribution in [-0.4, -0.2) is 45.6 Å². The van der Waals surface area contributed by atoms with Crippen LogP contribution in [0.1, 0.15) is 31.1 Å². The molecule has 0 bridgehead atoms. The molecule has 5 rings (SSSR count). The number of rotatable bonds is 4. The molecule has 162 valence electrons. The second-order valence-electron chi connectivity index (χ2n) is 8.62. The van der Waals surface area contributed by atoms with Crippen molar-refractivity contribution in [1.82, 2.24) is 19.9 Å². The Labute approximate surface area is 187 Å². The summed E-state index contributed by atoms with van der Waals surface area (Å²) >= 11 is 0. The third kappa shape index (κ3) is 3.67. The number of carbonyl (C=O) groups is 1. The number of Topliss-reactive ketones (excluding diaryl/α,β-unsaturated/α-hetero) is 1. The number of carbonyl (C=O) groups excluding carboxylic acids is 1. The van der Waals surface area contributed by atoms with Crippen molar-refractivity contribution >= 4 is 17.1 Å². The van der Waals surface area contributed by atoms with Crippen molar-refractivity contribution < 1.29 is 4.79 Å². The summed E-state index contributed by atoms with van der Waals surface area (Å²) in [5.41, 5.74) is 6.68. The minimum Gasteiger partial charge on any atom is -0.364 e.